The fourth-order valence-corrected chi connectivity index (χ4v) is 2.55. The van der Waals surface area contributed by atoms with Crippen LogP contribution < -0.4 is 10.1 Å². The fourth-order valence-electron chi connectivity index (χ4n) is 2.06. The molecule has 0 aliphatic carbocycles. The van der Waals surface area contributed by atoms with Crippen LogP contribution in [-0.2, 0) is 4.79 Å². The summed E-state index contributed by atoms with van der Waals surface area (Å²) in [5, 5.41) is 21.2. The van der Waals surface area contributed by atoms with E-state index in [0.29, 0.717) is 17.0 Å². The summed E-state index contributed by atoms with van der Waals surface area (Å²) in [6, 6.07) is 13.3. The van der Waals surface area contributed by atoms with Gasteiger partial charge >= 0.3 is 0 Å². The van der Waals surface area contributed by atoms with Gasteiger partial charge in [-0.15, -0.1) is 0 Å². The zero-order valence-corrected chi connectivity index (χ0v) is 16.1. The number of benzene rings is 2. The Hall–Kier alpha value is -2.78. The van der Waals surface area contributed by atoms with Gasteiger partial charge in [0.2, 0.25) is 0 Å². The van der Waals surface area contributed by atoms with Crippen LogP contribution in [0.1, 0.15) is 25.8 Å². The molecule has 134 valence electrons. The Morgan fingerprint density at radius 2 is 2.04 bits per heavy atom. The van der Waals surface area contributed by atoms with E-state index in [-0.39, 0.29) is 17.4 Å². The van der Waals surface area contributed by atoms with Gasteiger partial charge in [0.25, 0.3) is 5.91 Å². The number of phenols is 1. The van der Waals surface area contributed by atoms with Crippen molar-refractivity contribution in [3.05, 3.63) is 58.1 Å². The van der Waals surface area contributed by atoms with E-state index in [1.54, 1.807) is 30.3 Å². The number of aromatic hydroxyl groups is 1. The number of nitrogens with zero attached hydrogens (tertiary/aromatic N) is 1. The first-order valence-corrected chi connectivity index (χ1v) is 8.90. The Morgan fingerprint density at radius 3 is 2.62 bits per heavy atom. The molecule has 1 amide bonds. The quantitative estimate of drug-likeness (QED) is 0.400. The number of nitrogens with one attached hydrogen (secondary N) is 1. The van der Waals surface area contributed by atoms with Crippen LogP contribution in [0.15, 0.2) is 52.5 Å². The number of anilines is 1. The van der Waals surface area contributed by atoms with Crippen molar-refractivity contribution in [2.75, 3.05) is 5.32 Å². The van der Waals surface area contributed by atoms with Gasteiger partial charge < -0.3 is 15.2 Å². The third-order valence-electron chi connectivity index (χ3n) is 3.66. The number of ether oxygens (including phenoxy) is 1. The normalized spacial score (nSPS) is 12.2. The van der Waals surface area contributed by atoms with Gasteiger partial charge in [-0.3, -0.25) is 4.79 Å². The number of halogens is 1. The average Bonchev–Trinajstić information content (AvgIpc) is 2.63. The molecule has 0 heterocycles. The molecular weight excluding hydrogens is 396 g/mol. The van der Waals surface area contributed by atoms with E-state index in [1.807, 2.05) is 19.9 Å². The van der Waals surface area contributed by atoms with Crippen LogP contribution in [0.5, 0.6) is 11.5 Å². The highest BCUT2D eigenvalue weighted by Crippen LogP contribution is 2.28. The summed E-state index contributed by atoms with van der Waals surface area (Å²) in [5.74, 6) is 0.293. The molecule has 2 N–H and O–H groups in total. The van der Waals surface area contributed by atoms with Gasteiger partial charge in [0.05, 0.1) is 10.6 Å². The van der Waals surface area contributed by atoms with Crippen molar-refractivity contribution in [3.8, 4) is 17.6 Å². The highest BCUT2D eigenvalue weighted by Gasteiger charge is 2.11. The summed E-state index contributed by atoms with van der Waals surface area (Å²) >= 11 is 3.45. The van der Waals surface area contributed by atoms with E-state index < -0.39 is 5.91 Å². The van der Waals surface area contributed by atoms with Crippen LogP contribution in [-0.4, -0.2) is 17.1 Å². The molecule has 0 aromatic heterocycles. The zero-order valence-electron chi connectivity index (χ0n) is 14.5. The van der Waals surface area contributed by atoms with Crippen molar-refractivity contribution < 1.29 is 14.6 Å². The molecule has 0 spiro atoms. The van der Waals surface area contributed by atoms with Gasteiger partial charge in [0.1, 0.15) is 23.1 Å². The highest BCUT2D eigenvalue weighted by molar-refractivity contribution is 9.10. The number of hydrogen-bond donors (Lipinski definition) is 2. The minimum absolute atomic E-state index is 0.0273. The molecule has 2 aromatic carbocycles. The molecule has 0 aliphatic rings. The Bertz CT molecular complexity index is 854. The molecule has 1 atom stereocenters. The van der Waals surface area contributed by atoms with Crippen LogP contribution in [0.25, 0.3) is 6.08 Å². The van der Waals surface area contributed by atoms with Crippen LogP contribution >= 0.6 is 15.9 Å². The predicted molar refractivity (Wildman–Crippen MR) is 105 cm³/mol. The van der Waals surface area contributed by atoms with Crippen molar-refractivity contribution in [1.29, 1.82) is 5.26 Å². The lowest BCUT2D eigenvalue weighted by Crippen LogP contribution is -2.13. The maximum atomic E-state index is 12.3. The van der Waals surface area contributed by atoms with Crippen LogP contribution in [0.4, 0.5) is 5.69 Å². The zero-order chi connectivity index (χ0) is 19.1. The first-order valence-electron chi connectivity index (χ1n) is 8.11. The summed E-state index contributed by atoms with van der Waals surface area (Å²) in [5.41, 5.74) is 1.17. The molecule has 6 heteroatoms. The number of phenolic OH excluding ortho intramolecular Hbond substituents is 1. The molecule has 2 rings (SSSR count). The second-order valence-electron chi connectivity index (χ2n) is 5.70. The molecule has 0 saturated heterocycles. The summed E-state index contributed by atoms with van der Waals surface area (Å²) in [7, 11) is 0. The highest BCUT2D eigenvalue weighted by atomic mass is 79.9. The molecule has 26 heavy (non-hydrogen) atoms. The predicted octanol–water partition coefficient (Wildman–Crippen LogP) is 4.88. The molecule has 5 nitrogen and oxygen atoms in total. The van der Waals surface area contributed by atoms with Gasteiger partial charge in [-0.1, -0.05) is 13.0 Å². The van der Waals surface area contributed by atoms with Gasteiger partial charge in [0.15, 0.2) is 0 Å². The Morgan fingerprint density at radius 1 is 1.35 bits per heavy atom. The van der Waals surface area contributed by atoms with Crippen molar-refractivity contribution in [1.82, 2.24) is 0 Å². The third kappa shape index (κ3) is 5.36. The number of amides is 1. The lowest BCUT2D eigenvalue weighted by atomic mass is 10.1. The molecule has 0 bridgehead atoms. The molecule has 0 unspecified atom stereocenters. The Kier molecular flexibility index (Phi) is 6.81. The molecule has 2 aromatic rings. The maximum Gasteiger partial charge on any atom is 0.266 e. The summed E-state index contributed by atoms with van der Waals surface area (Å²) < 4.78 is 6.54. The van der Waals surface area contributed by atoms with Crippen LogP contribution in [0.3, 0.4) is 0 Å². The lowest BCUT2D eigenvalue weighted by molar-refractivity contribution is -0.112. The van der Waals surface area contributed by atoms with Gasteiger partial charge in [0, 0.05) is 5.69 Å². The van der Waals surface area contributed by atoms with E-state index in [1.165, 1.54) is 18.2 Å². The first-order chi connectivity index (χ1) is 12.4. The molecule has 0 aliphatic heterocycles. The fraction of sp³-hybridized carbons (Fsp3) is 0.200. The van der Waals surface area contributed by atoms with E-state index in [9.17, 15) is 15.2 Å². The first kappa shape index (κ1) is 19.5. The van der Waals surface area contributed by atoms with Crippen LogP contribution in [0.2, 0.25) is 0 Å². The van der Waals surface area contributed by atoms with Crippen molar-refractivity contribution >= 4 is 33.6 Å². The minimum Gasteiger partial charge on any atom is -0.508 e. The van der Waals surface area contributed by atoms with Gasteiger partial charge in [-0.2, -0.15) is 5.26 Å². The number of nitriles is 1. The van der Waals surface area contributed by atoms with Crippen molar-refractivity contribution in [3.63, 3.8) is 0 Å². The summed E-state index contributed by atoms with van der Waals surface area (Å²) in [4.78, 5) is 12.3. The molecular formula is C20H19BrN2O3. The van der Waals surface area contributed by atoms with E-state index in [0.717, 1.165) is 10.9 Å². The number of rotatable bonds is 6. The van der Waals surface area contributed by atoms with Gasteiger partial charge in [-0.25, -0.2) is 0 Å². The second-order valence-corrected chi connectivity index (χ2v) is 6.55. The number of carbonyl (C=O) groups is 1. The monoisotopic (exact) mass is 414 g/mol. The summed E-state index contributed by atoms with van der Waals surface area (Å²) in [6.07, 6.45) is 2.50. The Balaban J connectivity index is 2.17. The third-order valence-corrected chi connectivity index (χ3v) is 4.28. The number of hydrogen-bond acceptors (Lipinski definition) is 4. The maximum absolute atomic E-state index is 12.3. The van der Waals surface area contributed by atoms with Crippen molar-refractivity contribution in [2.24, 2.45) is 0 Å². The smallest absolute Gasteiger partial charge is 0.266 e. The van der Waals surface area contributed by atoms with E-state index >= 15 is 0 Å². The van der Waals surface area contributed by atoms with E-state index in [2.05, 4.69) is 21.2 Å². The van der Waals surface area contributed by atoms with Crippen LogP contribution in [0, 0.1) is 11.3 Å². The average molecular weight is 415 g/mol. The largest absolute Gasteiger partial charge is 0.508 e. The van der Waals surface area contributed by atoms with E-state index in [4.69, 9.17) is 4.74 Å². The molecule has 0 fully saturated rings. The SMILES string of the molecule is CC[C@H](C)Oc1ccc(/C=C(/C#N)C(=O)Nc2ccc(O)cc2)cc1Br. The topological polar surface area (TPSA) is 82.3 Å². The minimum atomic E-state index is -0.519. The molecule has 0 saturated carbocycles. The van der Waals surface area contributed by atoms with Gasteiger partial charge in [-0.05, 0) is 77.3 Å². The second kappa shape index (κ2) is 9.07. The Labute approximate surface area is 161 Å². The summed E-state index contributed by atoms with van der Waals surface area (Å²) in [6.45, 7) is 4.03. The number of carbonyl (C=O) groups excluding carboxylic acids is 1. The van der Waals surface area contributed by atoms with Crippen molar-refractivity contribution in [2.45, 2.75) is 26.4 Å². The molecule has 0 radical (unpaired) electrons. The lowest BCUT2D eigenvalue weighted by Gasteiger charge is -2.14. The standard InChI is InChI=1S/C20H19BrN2O3/c1-3-13(2)26-19-9-4-14(11-18(19)21)10-15(12-22)20(25)23-16-5-7-17(24)8-6-16/h4-11,13,24H,3H2,1-2H3,(H,23,25)/b15-10-/t13-/m0/s1.